The summed E-state index contributed by atoms with van der Waals surface area (Å²) in [4.78, 5) is 1.99. The lowest BCUT2D eigenvalue weighted by Gasteiger charge is -2.24. The van der Waals surface area contributed by atoms with Crippen LogP contribution in [-0.4, -0.2) is 23.4 Å². The smallest absolute Gasteiger partial charge is 0.394 e. The first-order valence-corrected chi connectivity index (χ1v) is 4.86. The van der Waals surface area contributed by atoms with E-state index < -0.39 is 0 Å². The van der Waals surface area contributed by atoms with Gasteiger partial charge in [-0.05, 0) is 18.2 Å². The summed E-state index contributed by atoms with van der Waals surface area (Å²) in [7, 11) is 1.91. The highest BCUT2D eigenvalue weighted by Crippen LogP contribution is 2.25. The minimum atomic E-state index is 0.613. The number of nitrogens with zero attached hydrogens (tertiary/aromatic N) is 4. The summed E-state index contributed by atoms with van der Waals surface area (Å²) in [6, 6.07) is 6.10. The van der Waals surface area contributed by atoms with Gasteiger partial charge in [-0.1, -0.05) is 0 Å². The van der Waals surface area contributed by atoms with Gasteiger partial charge in [0.25, 0.3) is 0 Å². The third-order valence-corrected chi connectivity index (χ3v) is 2.71. The van der Waals surface area contributed by atoms with Crippen LogP contribution in [0, 0.1) is 22.7 Å². The Morgan fingerprint density at radius 3 is 2.88 bits per heavy atom. The molecule has 0 aliphatic carbocycles. The van der Waals surface area contributed by atoms with Crippen LogP contribution in [0.4, 0.5) is 0 Å². The molecule has 0 bridgehead atoms. The number of allylic oxidation sites excluding steroid dienone is 1. The van der Waals surface area contributed by atoms with Gasteiger partial charge in [-0.3, -0.25) is 0 Å². The van der Waals surface area contributed by atoms with E-state index in [0.717, 1.165) is 17.0 Å². The molecule has 0 atom stereocenters. The van der Waals surface area contributed by atoms with Crippen LogP contribution in [0.2, 0.25) is 0 Å². The van der Waals surface area contributed by atoms with Gasteiger partial charge in [-0.2, -0.15) is 10.5 Å². The standard InChI is InChI=1S/C11H6BN4/c13-4-8-1-10-3-11-2-9(5-14)7-16(11)12-15(10)6-8/h1-3,6H,7H2. The van der Waals surface area contributed by atoms with Crippen molar-refractivity contribution in [2.75, 3.05) is 6.54 Å². The van der Waals surface area contributed by atoms with Crippen molar-refractivity contribution < 1.29 is 0 Å². The van der Waals surface area contributed by atoms with E-state index in [-0.39, 0.29) is 0 Å². The maximum Gasteiger partial charge on any atom is 0.396 e. The van der Waals surface area contributed by atoms with Crippen LogP contribution < -0.4 is 0 Å². The van der Waals surface area contributed by atoms with Gasteiger partial charge < -0.3 is 9.29 Å². The molecule has 4 nitrogen and oxygen atoms in total. The van der Waals surface area contributed by atoms with E-state index in [1.165, 1.54) is 0 Å². The normalized spacial score (nSPS) is 16.2. The Morgan fingerprint density at radius 2 is 2.12 bits per heavy atom. The summed E-state index contributed by atoms with van der Waals surface area (Å²) in [5.41, 5.74) is 3.38. The lowest BCUT2D eigenvalue weighted by Crippen LogP contribution is -2.32. The molecule has 1 aromatic rings. The summed E-state index contributed by atoms with van der Waals surface area (Å²) in [6.45, 7) is 0.613. The van der Waals surface area contributed by atoms with E-state index in [1.54, 1.807) is 6.20 Å². The first kappa shape index (κ1) is 8.88. The average Bonchev–Trinajstić information content (AvgIpc) is 2.86. The fourth-order valence-electron chi connectivity index (χ4n) is 1.96. The molecular weight excluding hydrogens is 199 g/mol. The van der Waals surface area contributed by atoms with Crippen LogP contribution >= 0.6 is 0 Å². The largest absolute Gasteiger partial charge is 0.396 e. The first-order chi connectivity index (χ1) is 7.80. The van der Waals surface area contributed by atoms with Gasteiger partial charge in [0, 0.05) is 29.7 Å². The quantitative estimate of drug-likeness (QED) is 0.590. The van der Waals surface area contributed by atoms with Gasteiger partial charge in [-0.15, -0.1) is 0 Å². The number of nitriles is 2. The van der Waals surface area contributed by atoms with Crippen LogP contribution in [0.1, 0.15) is 11.3 Å². The lowest BCUT2D eigenvalue weighted by atomic mass is 10.0. The third kappa shape index (κ3) is 1.16. The maximum absolute atomic E-state index is 8.83. The van der Waals surface area contributed by atoms with Gasteiger partial charge in [0.2, 0.25) is 0 Å². The molecule has 0 aromatic carbocycles. The minimum Gasteiger partial charge on any atom is -0.394 e. The number of aromatic nitrogens is 1. The second-order valence-corrected chi connectivity index (χ2v) is 3.77. The number of hydrogen-bond donors (Lipinski definition) is 0. The molecular formula is C11H6BN4. The molecule has 16 heavy (non-hydrogen) atoms. The SMILES string of the molecule is N#CC1=CC2=Cc3cc(C#N)cn3[B]N2C1. The van der Waals surface area contributed by atoms with Gasteiger partial charge >= 0.3 is 7.55 Å². The molecule has 0 saturated carbocycles. The first-order valence-electron chi connectivity index (χ1n) is 4.86. The summed E-state index contributed by atoms with van der Waals surface area (Å²) in [6.07, 6.45) is 5.64. The second-order valence-electron chi connectivity index (χ2n) is 3.77. The average molecular weight is 205 g/mol. The van der Waals surface area contributed by atoms with Gasteiger partial charge in [0.15, 0.2) is 0 Å². The zero-order chi connectivity index (χ0) is 11.1. The van der Waals surface area contributed by atoms with Crippen molar-refractivity contribution in [1.82, 2.24) is 9.29 Å². The molecule has 0 N–H and O–H groups in total. The molecule has 0 amide bonds. The Hall–Kier alpha value is -2.40. The van der Waals surface area contributed by atoms with Gasteiger partial charge in [0.05, 0.1) is 11.6 Å². The van der Waals surface area contributed by atoms with Crippen molar-refractivity contribution in [2.24, 2.45) is 0 Å². The summed E-state index contributed by atoms with van der Waals surface area (Å²) >= 11 is 0. The Balaban J connectivity index is 2.05. The van der Waals surface area contributed by atoms with Crippen LogP contribution in [0.25, 0.3) is 6.08 Å². The number of fused-ring (bicyclic) bond motifs is 2. The molecule has 3 rings (SSSR count). The number of hydrogen-bond acceptors (Lipinski definition) is 3. The van der Waals surface area contributed by atoms with Gasteiger partial charge in [-0.25, -0.2) is 0 Å². The molecule has 73 valence electrons. The Morgan fingerprint density at radius 1 is 1.25 bits per heavy atom. The lowest BCUT2D eigenvalue weighted by molar-refractivity contribution is 0.626. The molecule has 0 fully saturated rings. The summed E-state index contributed by atoms with van der Waals surface area (Å²) in [5.74, 6) is 0. The zero-order valence-electron chi connectivity index (χ0n) is 8.38. The second kappa shape index (κ2) is 3.05. The van der Waals surface area contributed by atoms with E-state index in [4.69, 9.17) is 10.5 Å². The van der Waals surface area contributed by atoms with E-state index in [1.807, 2.05) is 35.1 Å². The molecule has 3 heterocycles. The van der Waals surface area contributed by atoms with Crippen LogP contribution in [0.15, 0.2) is 29.6 Å². The molecule has 0 spiro atoms. The highest BCUT2D eigenvalue weighted by Gasteiger charge is 2.24. The molecule has 5 heteroatoms. The molecule has 1 radical (unpaired) electrons. The fourth-order valence-corrected chi connectivity index (χ4v) is 1.96. The predicted octanol–water partition coefficient (Wildman–Crippen LogP) is 0.862. The van der Waals surface area contributed by atoms with Crippen molar-refractivity contribution >= 4 is 13.6 Å². The van der Waals surface area contributed by atoms with E-state index in [9.17, 15) is 0 Å². The van der Waals surface area contributed by atoms with Gasteiger partial charge in [0.1, 0.15) is 6.07 Å². The highest BCUT2D eigenvalue weighted by molar-refractivity contribution is 6.33. The van der Waals surface area contributed by atoms with Crippen molar-refractivity contribution in [1.29, 1.82) is 10.5 Å². The van der Waals surface area contributed by atoms with E-state index in [2.05, 4.69) is 12.1 Å². The van der Waals surface area contributed by atoms with Crippen LogP contribution in [0.5, 0.6) is 0 Å². The number of rotatable bonds is 0. The Bertz CT molecular complexity index is 609. The molecule has 1 aromatic heterocycles. The molecule has 2 aliphatic rings. The topological polar surface area (TPSA) is 55.8 Å². The summed E-state index contributed by atoms with van der Waals surface area (Å²) < 4.78 is 1.90. The Kier molecular flexibility index (Phi) is 1.69. The van der Waals surface area contributed by atoms with Crippen molar-refractivity contribution in [2.45, 2.75) is 0 Å². The van der Waals surface area contributed by atoms with Crippen molar-refractivity contribution in [3.05, 3.63) is 40.9 Å². The van der Waals surface area contributed by atoms with Crippen LogP contribution in [0.3, 0.4) is 0 Å². The monoisotopic (exact) mass is 205 g/mol. The van der Waals surface area contributed by atoms with Crippen LogP contribution in [-0.2, 0) is 0 Å². The third-order valence-electron chi connectivity index (χ3n) is 2.71. The minimum absolute atomic E-state index is 0.613. The molecule has 2 aliphatic heterocycles. The van der Waals surface area contributed by atoms with E-state index in [0.29, 0.717) is 12.1 Å². The molecule has 0 saturated heterocycles. The molecule has 0 unspecified atom stereocenters. The van der Waals surface area contributed by atoms with Crippen molar-refractivity contribution in [3.8, 4) is 12.1 Å². The Labute approximate surface area is 93.6 Å². The fraction of sp³-hybridized carbons (Fsp3) is 0.0909. The maximum atomic E-state index is 8.83. The highest BCUT2D eigenvalue weighted by atomic mass is 15.2. The van der Waals surface area contributed by atoms with Crippen molar-refractivity contribution in [3.63, 3.8) is 0 Å². The van der Waals surface area contributed by atoms with E-state index >= 15 is 0 Å². The predicted molar refractivity (Wildman–Crippen MR) is 58.7 cm³/mol. The summed E-state index contributed by atoms with van der Waals surface area (Å²) in [5, 5.41) is 17.6. The zero-order valence-corrected chi connectivity index (χ0v) is 8.38.